The highest BCUT2D eigenvalue weighted by molar-refractivity contribution is 5.89. The molecular weight excluding hydrogens is 314 g/mol. The van der Waals surface area contributed by atoms with E-state index in [4.69, 9.17) is 0 Å². The smallest absolute Gasteiger partial charge is 0.226 e. The van der Waals surface area contributed by atoms with E-state index in [-0.39, 0.29) is 24.2 Å². The van der Waals surface area contributed by atoms with Crippen molar-refractivity contribution < 1.29 is 9.59 Å². The van der Waals surface area contributed by atoms with Gasteiger partial charge in [0.2, 0.25) is 11.8 Å². The second-order valence-corrected chi connectivity index (χ2v) is 6.98. The molecule has 5 nitrogen and oxygen atoms in total. The fourth-order valence-electron chi connectivity index (χ4n) is 3.12. The van der Waals surface area contributed by atoms with Gasteiger partial charge in [-0.3, -0.25) is 14.6 Å². The number of nitrogens with one attached hydrogen (secondary N) is 1. The lowest BCUT2D eigenvalue weighted by atomic mass is 9.93. The Bertz CT molecular complexity index is 744. The SMILES string of the molecule is CC(C)(NC(=O)C1CC(=O)N(Cc2ccccn2)C1)c1ccccc1. The summed E-state index contributed by atoms with van der Waals surface area (Å²) in [4.78, 5) is 30.9. The fraction of sp³-hybridized carbons (Fsp3) is 0.350. The van der Waals surface area contributed by atoms with Crippen LogP contribution in [-0.2, 0) is 21.7 Å². The lowest BCUT2D eigenvalue weighted by Crippen LogP contribution is -2.44. The van der Waals surface area contributed by atoms with Crippen LogP contribution in [0.15, 0.2) is 54.7 Å². The van der Waals surface area contributed by atoms with Crippen molar-refractivity contribution in [3.05, 3.63) is 66.0 Å². The highest BCUT2D eigenvalue weighted by Gasteiger charge is 2.36. The molecule has 0 bridgehead atoms. The summed E-state index contributed by atoms with van der Waals surface area (Å²) in [6, 6.07) is 15.5. The van der Waals surface area contributed by atoms with E-state index >= 15 is 0 Å². The van der Waals surface area contributed by atoms with Gasteiger partial charge in [0, 0.05) is 19.2 Å². The first-order valence-corrected chi connectivity index (χ1v) is 8.51. The van der Waals surface area contributed by atoms with Gasteiger partial charge in [0.15, 0.2) is 0 Å². The zero-order valence-corrected chi connectivity index (χ0v) is 14.6. The molecule has 0 aliphatic carbocycles. The van der Waals surface area contributed by atoms with Crippen molar-refractivity contribution in [3.8, 4) is 0 Å². The first-order valence-electron chi connectivity index (χ1n) is 8.51. The van der Waals surface area contributed by atoms with Crippen LogP contribution in [0.4, 0.5) is 0 Å². The Hall–Kier alpha value is -2.69. The molecule has 130 valence electrons. The van der Waals surface area contributed by atoms with Crippen LogP contribution < -0.4 is 5.32 Å². The van der Waals surface area contributed by atoms with Crippen LogP contribution in [0.2, 0.25) is 0 Å². The maximum Gasteiger partial charge on any atom is 0.226 e. The van der Waals surface area contributed by atoms with Crippen LogP contribution >= 0.6 is 0 Å². The van der Waals surface area contributed by atoms with Gasteiger partial charge in [-0.1, -0.05) is 36.4 Å². The third-order valence-corrected chi connectivity index (χ3v) is 4.60. The van der Waals surface area contributed by atoms with Crippen LogP contribution in [0.3, 0.4) is 0 Å². The molecule has 1 atom stereocenters. The molecule has 5 heteroatoms. The number of aromatic nitrogens is 1. The molecule has 1 aliphatic rings. The Morgan fingerprint density at radius 3 is 2.60 bits per heavy atom. The lowest BCUT2D eigenvalue weighted by molar-refractivity contribution is -0.129. The van der Waals surface area contributed by atoms with Gasteiger partial charge in [0.05, 0.1) is 23.7 Å². The van der Waals surface area contributed by atoms with E-state index in [0.717, 1.165) is 11.3 Å². The number of rotatable bonds is 5. The van der Waals surface area contributed by atoms with E-state index in [1.165, 1.54) is 0 Å². The van der Waals surface area contributed by atoms with Crippen LogP contribution in [0.1, 0.15) is 31.5 Å². The number of likely N-dealkylation sites (tertiary alicyclic amines) is 1. The maximum atomic E-state index is 12.7. The van der Waals surface area contributed by atoms with Crippen LogP contribution in [0, 0.1) is 5.92 Å². The molecule has 1 fully saturated rings. The average molecular weight is 337 g/mol. The number of hydrogen-bond acceptors (Lipinski definition) is 3. The van der Waals surface area contributed by atoms with Crippen molar-refractivity contribution in [1.29, 1.82) is 0 Å². The molecule has 1 aromatic heterocycles. The minimum Gasteiger partial charge on any atom is -0.347 e. The highest BCUT2D eigenvalue weighted by Crippen LogP contribution is 2.24. The molecule has 1 aliphatic heterocycles. The molecule has 1 N–H and O–H groups in total. The van der Waals surface area contributed by atoms with Crippen molar-refractivity contribution in [2.45, 2.75) is 32.4 Å². The molecule has 25 heavy (non-hydrogen) atoms. The molecule has 1 unspecified atom stereocenters. The standard InChI is InChI=1S/C20H23N3O2/c1-20(2,16-8-4-3-5-9-16)22-19(25)15-12-18(24)23(13-15)14-17-10-6-7-11-21-17/h3-11,15H,12-14H2,1-2H3,(H,22,25). The highest BCUT2D eigenvalue weighted by atomic mass is 16.2. The van der Waals surface area contributed by atoms with Gasteiger partial charge in [-0.15, -0.1) is 0 Å². The largest absolute Gasteiger partial charge is 0.347 e. The van der Waals surface area contributed by atoms with Gasteiger partial charge in [0.25, 0.3) is 0 Å². The fourth-order valence-corrected chi connectivity index (χ4v) is 3.12. The molecule has 1 saturated heterocycles. The predicted octanol–water partition coefficient (Wildman–Crippen LogP) is 2.48. The van der Waals surface area contributed by atoms with Gasteiger partial charge >= 0.3 is 0 Å². The molecule has 0 radical (unpaired) electrons. The summed E-state index contributed by atoms with van der Waals surface area (Å²) in [7, 11) is 0. The molecule has 3 rings (SSSR count). The molecule has 0 spiro atoms. The molecular formula is C20H23N3O2. The summed E-state index contributed by atoms with van der Waals surface area (Å²) < 4.78 is 0. The Labute approximate surface area is 148 Å². The molecule has 2 aromatic rings. The third kappa shape index (κ3) is 4.05. The van der Waals surface area contributed by atoms with E-state index < -0.39 is 5.54 Å². The van der Waals surface area contributed by atoms with E-state index in [0.29, 0.717) is 13.1 Å². The number of carbonyl (C=O) groups excluding carboxylic acids is 2. The topological polar surface area (TPSA) is 62.3 Å². The third-order valence-electron chi connectivity index (χ3n) is 4.60. The zero-order chi connectivity index (χ0) is 17.9. The van der Waals surface area contributed by atoms with Crippen LogP contribution in [0.25, 0.3) is 0 Å². The van der Waals surface area contributed by atoms with Crippen molar-refractivity contribution in [3.63, 3.8) is 0 Å². The second kappa shape index (κ2) is 7.05. The summed E-state index contributed by atoms with van der Waals surface area (Å²) in [6.45, 7) is 4.84. The summed E-state index contributed by atoms with van der Waals surface area (Å²) in [5.74, 6) is -0.395. The molecule has 2 amide bonds. The minimum absolute atomic E-state index is 0.00307. The average Bonchev–Trinajstić information content (AvgIpc) is 2.97. The molecule has 0 saturated carbocycles. The number of pyridine rings is 1. The van der Waals surface area contributed by atoms with E-state index in [2.05, 4.69) is 10.3 Å². The van der Waals surface area contributed by atoms with Crippen molar-refractivity contribution in [2.24, 2.45) is 5.92 Å². The summed E-state index contributed by atoms with van der Waals surface area (Å²) in [5, 5.41) is 3.09. The predicted molar refractivity (Wildman–Crippen MR) is 95.4 cm³/mol. The van der Waals surface area contributed by atoms with E-state index in [1.54, 1.807) is 11.1 Å². The van der Waals surface area contributed by atoms with Crippen LogP contribution in [0.5, 0.6) is 0 Å². The number of carbonyl (C=O) groups is 2. The monoisotopic (exact) mass is 337 g/mol. The number of nitrogens with zero attached hydrogens (tertiary/aromatic N) is 2. The number of amides is 2. The Morgan fingerprint density at radius 2 is 1.92 bits per heavy atom. The first-order chi connectivity index (χ1) is 12.0. The van der Waals surface area contributed by atoms with Gasteiger partial charge < -0.3 is 10.2 Å². The van der Waals surface area contributed by atoms with E-state index in [9.17, 15) is 9.59 Å². The van der Waals surface area contributed by atoms with Gasteiger partial charge in [-0.2, -0.15) is 0 Å². The maximum absolute atomic E-state index is 12.7. The van der Waals surface area contributed by atoms with Gasteiger partial charge in [-0.25, -0.2) is 0 Å². The zero-order valence-electron chi connectivity index (χ0n) is 14.6. The summed E-state index contributed by atoms with van der Waals surface area (Å²) in [5.41, 5.74) is 1.40. The van der Waals surface area contributed by atoms with Crippen molar-refractivity contribution >= 4 is 11.8 Å². The minimum atomic E-state index is -0.476. The first kappa shape index (κ1) is 17.1. The Morgan fingerprint density at radius 1 is 1.20 bits per heavy atom. The summed E-state index contributed by atoms with van der Waals surface area (Å²) in [6.07, 6.45) is 1.96. The van der Waals surface area contributed by atoms with Crippen molar-refractivity contribution in [1.82, 2.24) is 15.2 Å². The lowest BCUT2D eigenvalue weighted by Gasteiger charge is -2.28. The van der Waals surface area contributed by atoms with E-state index in [1.807, 2.05) is 62.4 Å². The Kier molecular flexibility index (Phi) is 4.83. The van der Waals surface area contributed by atoms with Crippen LogP contribution in [-0.4, -0.2) is 28.2 Å². The van der Waals surface area contributed by atoms with Gasteiger partial charge in [0.1, 0.15) is 0 Å². The quantitative estimate of drug-likeness (QED) is 0.912. The van der Waals surface area contributed by atoms with Gasteiger partial charge in [-0.05, 0) is 31.5 Å². The normalized spacial score (nSPS) is 17.6. The van der Waals surface area contributed by atoms with Crippen molar-refractivity contribution in [2.75, 3.05) is 6.54 Å². The Balaban J connectivity index is 1.63. The molecule has 2 heterocycles. The number of benzene rings is 1. The molecule has 1 aromatic carbocycles. The summed E-state index contributed by atoms with van der Waals surface area (Å²) >= 11 is 0. The number of hydrogen-bond donors (Lipinski definition) is 1. The second-order valence-electron chi connectivity index (χ2n) is 6.98.